The van der Waals surface area contributed by atoms with E-state index in [-0.39, 0.29) is 5.88 Å². The van der Waals surface area contributed by atoms with Crippen LogP contribution in [-0.2, 0) is 5.88 Å². The minimum absolute atomic E-state index is 0.286. The average molecular weight is 145 g/mol. The highest BCUT2D eigenvalue weighted by atomic mass is 35.5. The lowest BCUT2D eigenvalue weighted by molar-refractivity contribution is 0.759. The van der Waals surface area contributed by atoms with Crippen molar-refractivity contribution in [3.05, 3.63) is 12.4 Å². The summed E-state index contributed by atoms with van der Waals surface area (Å²) in [5, 5.41) is 11.0. The smallest absolute Gasteiger partial charge is 0.139 e. The van der Waals surface area contributed by atoms with Crippen molar-refractivity contribution in [1.82, 2.24) is 20.2 Å². The van der Waals surface area contributed by atoms with Gasteiger partial charge in [0.25, 0.3) is 0 Å². The summed E-state index contributed by atoms with van der Waals surface area (Å²) in [7, 11) is 0. The molecule has 0 aliphatic carbocycles. The molecule has 0 saturated heterocycles. The Balaban J connectivity index is 2.86. The highest BCUT2D eigenvalue weighted by Gasteiger charge is 1.95. The fourth-order valence-electron chi connectivity index (χ4n) is 0.387. The molecule has 48 valence electrons. The number of alkyl halides is 1. The molecule has 0 fully saturated rings. The van der Waals surface area contributed by atoms with Gasteiger partial charge in [-0.2, -0.15) is 0 Å². The van der Waals surface area contributed by atoms with Crippen molar-refractivity contribution < 1.29 is 0 Å². The van der Waals surface area contributed by atoms with E-state index in [1.54, 1.807) is 0 Å². The second-order valence-electron chi connectivity index (χ2n) is 1.34. The van der Waals surface area contributed by atoms with E-state index in [2.05, 4.69) is 22.0 Å². The summed E-state index contributed by atoms with van der Waals surface area (Å²) in [6.45, 7) is 3.43. The molecule has 0 spiro atoms. The van der Waals surface area contributed by atoms with Gasteiger partial charge in [0, 0.05) is 6.20 Å². The largest absolute Gasteiger partial charge is 0.189 e. The number of aromatic nitrogens is 4. The van der Waals surface area contributed by atoms with Crippen LogP contribution in [0.2, 0.25) is 0 Å². The Bertz CT molecular complexity index is 206. The summed E-state index contributed by atoms with van der Waals surface area (Å²) in [5.41, 5.74) is 0. The third-order valence-electron chi connectivity index (χ3n) is 0.753. The fourth-order valence-corrected chi connectivity index (χ4v) is 0.493. The molecule has 0 amide bonds. The molecule has 0 saturated carbocycles. The maximum atomic E-state index is 5.38. The number of hydrogen-bond donors (Lipinski definition) is 0. The van der Waals surface area contributed by atoms with Crippen LogP contribution in [0.1, 0.15) is 5.82 Å². The molecule has 1 rings (SSSR count). The minimum atomic E-state index is 0.286. The summed E-state index contributed by atoms with van der Waals surface area (Å²) in [6, 6.07) is 0. The molecule has 0 aliphatic heterocycles. The lowest BCUT2D eigenvalue weighted by Gasteiger charge is -1.78. The molecular weight excluding hydrogens is 140 g/mol. The van der Waals surface area contributed by atoms with E-state index in [1.807, 2.05) is 0 Å². The zero-order chi connectivity index (χ0) is 6.69. The van der Waals surface area contributed by atoms with E-state index >= 15 is 0 Å². The first-order chi connectivity index (χ1) is 4.36. The van der Waals surface area contributed by atoms with E-state index in [9.17, 15) is 0 Å². The first kappa shape index (κ1) is 6.22. The predicted molar refractivity (Wildman–Crippen MR) is 33.8 cm³/mol. The summed E-state index contributed by atoms with van der Waals surface area (Å²) in [6.07, 6.45) is 1.45. The summed E-state index contributed by atoms with van der Waals surface area (Å²) < 4.78 is 0. The Hall–Kier alpha value is -0.900. The van der Waals surface area contributed by atoms with Crippen molar-refractivity contribution in [2.24, 2.45) is 0 Å². The molecule has 9 heavy (non-hydrogen) atoms. The second kappa shape index (κ2) is 2.59. The van der Waals surface area contributed by atoms with Crippen LogP contribution in [0, 0.1) is 0 Å². The molecule has 0 radical (unpaired) electrons. The zero-order valence-corrected chi connectivity index (χ0v) is 5.41. The molecule has 0 unspecified atom stereocenters. The summed E-state index contributed by atoms with van der Waals surface area (Å²) >= 11 is 5.38. The quantitative estimate of drug-likeness (QED) is 0.569. The molecule has 1 aromatic heterocycles. The van der Waals surface area contributed by atoms with Crippen molar-refractivity contribution in [3.63, 3.8) is 0 Å². The van der Waals surface area contributed by atoms with E-state index < -0.39 is 0 Å². The van der Waals surface area contributed by atoms with Gasteiger partial charge in [0.05, 0.1) is 5.88 Å². The Morgan fingerprint density at radius 2 is 2.56 bits per heavy atom. The molecule has 0 aromatic carbocycles. The van der Waals surface area contributed by atoms with Crippen LogP contribution in [0.15, 0.2) is 6.58 Å². The van der Waals surface area contributed by atoms with Crippen LogP contribution in [0.4, 0.5) is 0 Å². The topological polar surface area (TPSA) is 43.6 Å². The van der Waals surface area contributed by atoms with Crippen LogP contribution in [0.3, 0.4) is 0 Å². The van der Waals surface area contributed by atoms with Crippen LogP contribution in [0.5, 0.6) is 0 Å². The number of halogens is 1. The maximum Gasteiger partial charge on any atom is 0.189 e. The Morgan fingerprint density at radius 3 is 2.89 bits per heavy atom. The molecule has 1 heterocycles. The maximum absolute atomic E-state index is 5.38. The standard InChI is InChI=1S/C4H5ClN4/c1-2-9-7-4(3-5)6-8-9/h2H,1,3H2. The van der Waals surface area contributed by atoms with Gasteiger partial charge in [-0.25, -0.2) is 0 Å². The SMILES string of the molecule is C=Cn1nnc(CCl)n1. The zero-order valence-electron chi connectivity index (χ0n) is 4.66. The van der Waals surface area contributed by atoms with Crippen molar-refractivity contribution in [3.8, 4) is 0 Å². The third-order valence-corrected chi connectivity index (χ3v) is 0.992. The van der Waals surface area contributed by atoms with E-state index in [1.165, 1.54) is 11.0 Å². The van der Waals surface area contributed by atoms with Gasteiger partial charge in [-0.05, 0) is 5.21 Å². The summed E-state index contributed by atoms with van der Waals surface area (Å²) in [4.78, 5) is 1.26. The van der Waals surface area contributed by atoms with Gasteiger partial charge in [0.15, 0.2) is 5.82 Å². The molecular formula is C4H5ClN4. The van der Waals surface area contributed by atoms with E-state index in [4.69, 9.17) is 11.6 Å². The monoisotopic (exact) mass is 144 g/mol. The lowest BCUT2D eigenvalue weighted by Crippen LogP contribution is -1.89. The Kier molecular flexibility index (Phi) is 1.79. The highest BCUT2D eigenvalue weighted by Crippen LogP contribution is 1.90. The minimum Gasteiger partial charge on any atom is -0.139 e. The number of hydrogen-bond acceptors (Lipinski definition) is 3. The van der Waals surface area contributed by atoms with Crippen LogP contribution in [0.25, 0.3) is 6.20 Å². The molecule has 0 atom stereocenters. The highest BCUT2D eigenvalue weighted by molar-refractivity contribution is 6.16. The van der Waals surface area contributed by atoms with Crippen molar-refractivity contribution in [2.45, 2.75) is 5.88 Å². The number of rotatable bonds is 2. The first-order valence-corrected chi connectivity index (χ1v) is 2.87. The van der Waals surface area contributed by atoms with Gasteiger partial charge in [0.1, 0.15) is 0 Å². The number of tetrazole rings is 1. The fraction of sp³-hybridized carbons (Fsp3) is 0.250. The Labute approximate surface area is 57.1 Å². The van der Waals surface area contributed by atoms with Crippen LogP contribution in [-0.4, -0.2) is 20.2 Å². The van der Waals surface area contributed by atoms with Crippen molar-refractivity contribution in [2.75, 3.05) is 0 Å². The predicted octanol–water partition coefficient (Wildman–Crippen LogP) is 0.512. The van der Waals surface area contributed by atoms with E-state index in [0.29, 0.717) is 5.82 Å². The van der Waals surface area contributed by atoms with Gasteiger partial charge in [-0.1, -0.05) is 6.58 Å². The molecule has 1 aromatic rings. The molecule has 5 heteroatoms. The average Bonchev–Trinajstić information content (AvgIpc) is 2.34. The van der Waals surface area contributed by atoms with Gasteiger partial charge < -0.3 is 0 Å². The Morgan fingerprint density at radius 1 is 1.78 bits per heavy atom. The van der Waals surface area contributed by atoms with Gasteiger partial charge in [-0.15, -0.1) is 26.6 Å². The van der Waals surface area contributed by atoms with Crippen molar-refractivity contribution in [1.29, 1.82) is 0 Å². The molecule has 0 N–H and O–H groups in total. The van der Waals surface area contributed by atoms with Crippen molar-refractivity contribution >= 4 is 17.8 Å². The molecule has 0 bridgehead atoms. The molecule has 0 aliphatic rings. The van der Waals surface area contributed by atoms with E-state index in [0.717, 1.165) is 0 Å². The van der Waals surface area contributed by atoms with Gasteiger partial charge in [-0.3, -0.25) is 0 Å². The normalized spacial score (nSPS) is 9.44. The van der Waals surface area contributed by atoms with Gasteiger partial charge >= 0.3 is 0 Å². The second-order valence-corrected chi connectivity index (χ2v) is 1.61. The van der Waals surface area contributed by atoms with Crippen LogP contribution >= 0.6 is 11.6 Å². The molecule has 4 nitrogen and oxygen atoms in total. The van der Waals surface area contributed by atoms with Crippen LogP contribution < -0.4 is 0 Å². The number of nitrogens with zero attached hydrogens (tertiary/aromatic N) is 4. The lowest BCUT2D eigenvalue weighted by atomic mass is 10.8. The summed E-state index contributed by atoms with van der Waals surface area (Å²) in [5.74, 6) is 0.796. The third kappa shape index (κ3) is 1.26. The van der Waals surface area contributed by atoms with Gasteiger partial charge in [0.2, 0.25) is 0 Å². The first-order valence-electron chi connectivity index (χ1n) is 2.33.